The second-order valence-corrected chi connectivity index (χ2v) is 6.16. The SMILES string of the molecule is CCNC(=O)N(c1ccc(F)cc1)c1ccnc(N[C@@H](C)c2ccccc2)n1. The van der Waals surface area contributed by atoms with E-state index in [1.165, 1.54) is 29.2 Å². The van der Waals surface area contributed by atoms with Crippen LogP contribution in [-0.2, 0) is 0 Å². The highest BCUT2D eigenvalue weighted by Crippen LogP contribution is 2.25. The zero-order valence-corrected chi connectivity index (χ0v) is 15.8. The van der Waals surface area contributed by atoms with Crippen LogP contribution >= 0.6 is 0 Å². The van der Waals surface area contributed by atoms with E-state index in [1.807, 2.05) is 44.2 Å². The maximum atomic E-state index is 13.3. The highest BCUT2D eigenvalue weighted by atomic mass is 19.1. The van der Waals surface area contributed by atoms with Crippen molar-refractivity contribution in [1.82, 2.24) is 15.3 Å². The fourth-order valence-corrected chi connectivity index (χ4v) is 2.74. The Morgan fingerprint density at radius 2 is 1.82 bits per heavy atom. The molecule has 0 bridgehead atoms. The average molecular weight is 379 g/mol. The molecule has 0 saturated carbocycles. The van der Waals surface area contributed by atoms with Gasteiger partial charge in [0.15, 0.2) is 0 Å². The van der Waals surface area contributed by atoms with Gasteiger partial charge in [-0.15, -0.1) is 0 Å². The molecule has 0 saturated heterocycles. The van der Waals surface area contributed by atoms with E-state index in [1.54, 1.807) is 12.3 Å². The molecule has 0 unspecified atom stereocenters. The lowest BCUT2D eigenvalue weighted by Gasteiger charge is -2.23. The van der Waals surface area contributed by atoms with Gasteiger partial charge in [-0.2, -0.15) is 4.98 Å². The van der Waals surface area contributed by atoms with Gasteiger partial charge in [0.2, 0.25) is 5.95 Å². The first kappa shape index (κ1) is 19.3. The molecule has 2 N–H and O–H groups in total. The standard InChI is InChI=1S/C21H22FN5O/c1-3-23-21(28)27(18-11-9-17(22)10-12-18)19-13-14-24-20(26-19)25-15(2)16-7-5-4-6-8-16/h4-15H,3H2,1-2H3,(H,23,28)(H,24,25,26)/t15-/m0/s1. The summed E-state index contributed by atoms with van der Waals surface area (Å²) in [6, 6.07) is 16.9. The number of hydrogen-bond donors (Lipinski definition) is 2. The summed E-state index contributed by atoms with van der Waals surface area (Å²) in [5, 5.41) is 6.00. The summed E-state index contributed by atoms with van der Waals surface area (Å²) in [5.74, 6) is 0.405. The van der Waals surface area contributed by atoms with Gasteiger partial charge in [0, 0.05) is 18.8 Å². The highest BCUT2D eigenvalue weighted by Gasteiger charge is 2.20. The summed E-state index contributed by atoms with van der Waals surface area (Å²) in [6.07, 6.45) is 1.58. The lowest BCUT2D eigenvalue weighted by atomic mass is 10.1. The predicted molar refractivity (Wildman–Crippen MR) is 108 cm³/mol. The van der Waals surface area contributed by atoms with E-state index in [0.29, 0.717) is 24.0 Å². The summed E-state index contributed by atoms with van der Waals surface area (Å²) in [4.78, 5) is 22.8. The number of carbonyl (C=O) groups excluding carboxylic acids is 1. The molecule has 1 aromatic heterocycles. The minimum absolute atomic E-state index is 0.0137. The molecule has 6 nitrogen and oxygen atoms in total. The third kappa shape index (κ3) is 4.62. The molecule has 2 amide bonds. The number of nitrogens with zero attached hydrogens (tertiary/aromatic N) is 3. The summed E-state index contributed by atoms with van der Waals surface area (Å²) < 4.78 is 13.3. The van der Waals surface area contributed by atoms with Crippen LogP contribution in [-0.4, -0.2) is 22.5 Å². The van der Waals surface area contributed by atoms with Crippen molar-refractivity contribution in [2.24, 2.45) is 0 Å². The van der Waals surface area contributed by atoms with Crippen molar-refractivity contribution in [1.29, 1.82) is 0 Å². The van der Waals surface area contributed by atoms with Gasteiger partial charge in [-0.3, -0.25) is 0 Å². The van der Waals surface area contributed by atoms with Crippen molar-refractivity contribution in [2.45, 2.75) is 19.9 Å². The molecule has 3 rings (SSSR count). The molecule has 2 aromatic carbocycles. The highest BCUT2D eigenvalue weighted by molar-refractivity contribution is 5.98. The number of rotatable bonds is 6. The lowest BCUT2D eigenvalue weighted by Crippen LogP contribution is -2.37. The summed E-state index contributed by atoms with van der Waals surface area (Å²) in [7, 11) is 0. The molecule has 7 heteroatoms. The van der Waals surface area contributed by atoms with Gasteiger partial charge >= 0.3 is 6.03 Å². The molecule has 3 aromatic rings. The minimum atomic E-state index is -0.374. The fraction of sp³-hybridized carbons (Fsp3) is 0.190. The van der Waals surface area contributed by atoms with Crippen molar-refractivity contribution in [3.8, 4) is 0 Å². The van der Waals surface area contributed by atoms with Crippen LogP contribution in [0.15, 0.2) is 66.9 Å². The first-order valence-electron chi connectivity index (χ1n) is 9.06. The number of halogens is 1. The molecule has 0 radical (unpaired) electrons. The van der Waals surface area contributed by atoms with Crippen LogP contribution in [0.5, 0.6) is 0 Å². The Morgan fingerprint density at radius 1 is 1.11 bits per heavy atom. The first-order valence-corrected chi connectivity index (χ1v) is 9.06. The van der Waals surface area contributed by atoms with Crippen LogP contribution in [0.3, 0.4) is 0 Å². The van der Waals surface area contributed by atoms with E-state index in [-0.39, 0.29) is 17.9 Å². The smallest absolute Gasteiger partial charge is 0.327 e. The molecule has 0 fully saturated rings. The van der Waals surface area contributed by atoms with E-state index in [4.69, 9.17) is 0 Å². The van der Waals surface area contributed by atoms with Gasteiger partial charge in [0.25, 0.3) is 0 Å². The van der Waals surface area contributed by atoms with Crippen molar-refractivity contribution in [2.75, 3.05) is 16.8 Å². The topological polar surface area (TPSA) is 70.2 Å². The van der Waals surface area contributed by atoms with Crippen molar-refractivity contribution in [3.63, 3.8) is 0 Å². The van der Waals surface area contributed by atoms with Crippen LogP contribution in [0, 0.1) is 5.82 Å². The summed E-state index contributed by atoms with van der Waals surface area (Å²) >= 11 is 0. The molecular formula is C21H22FN5O. The molecule has 0 aliphatic rings. The molecule has 0 aliphatic heterocycles. The maximum absolute atomic E-state index is 13.3. The van der Waals surface area contributed by atoms with Crippen LogP contribution in [0.1, 0.15) is 25.5 Å². The Hall–Kier alpha value is -3.48. The number of benzene rings is 2. The van der Waals surface area contributed by atoms with E-state index in [9.17, 15) is 9.18 Å². The average Bonchev–Trinajstić information content (AvgIpc) is 2.71. The second kappa shape index (κ2) is 8.94. The Kier molecular flexibility index (Phi) is 6.16. The monoisotopic (exact) mass is 379 g/mol. The molecule has 1 atom stereocenters. The third-order valence-electron chi connectivity index (χ3n) is 4.13. The van der Waals surface area contributed by atoms with Gasteiger partial charge in [0.05, 0.1) is 11.7 Å². The maximum Gasteiger partial charge on any atom is 0.327 e. The van der Waals surface area contributed by atoms with Crippen LogP contribution in [0.25, 0.3) is 0 Å². The van der Waals surface area contributed by atoms with E-state index >= 15 is 0 Å². The fourth-order valence-electron chi connectivity index (χ4n) is 2.74. The number of carbonyl (C=O) groups is 1. The summed E-state index contributed by atoms with van der Waals surface area (Å²) in [6.45, 7) is 4.29. The van der Waals surface area contributed by atoms with E-state index in [2.05, 4.69) is 20.6 Å². The van der Waals surface area contributed by atoms with Gasteiger partial charge in [-0.25, -0.2) is 19.1 Å². The van der Waals surface area contributed by atoms with Gasteiger partial charge in [-0.1, -0.05) is 30.3 Å². The zero-order valence-electron chi connectivity index (χ0n) is 15.8. The number of hydrogen-bond acceptors (Lipinski definition) is 4. The normalized spacial score (nSPS) is 11.5. The number of aromatic nitrogens is 2. The van der Waals surface area contributed by atoms with Crippen molar-refractivity contribution < 1.29 is 9.18 Å². The minimum Gasteiger partial charge on any atom is -0.348 e. The van der Waals surface area contributed by atoms with Crippen LogP contribution in [0.4, 0.5) is 26.6 Å². The number of urea groups is 1. The number of amides is 2. The van der Waals surface area contributed by atoms with Crippen molar-refractivity contribution >= 4 is 23.5 Å². The molecular weight excluding hydrogens is 357 g/mol. The Morgan fingerprint density at radius 3 is 2.50 bits per heavy atom. The van der Waals surface area contributed by atoms with Gasteiger partial charge in [-0.05, 0) is 43.7 Å². The largest absolute Gasteiger partial charge is 0.348 e. The number of nitrogens with one attached hydrogen (secondary N) is 2. The van der Waals surface area contributed by atoms with E-state index in [0.717, 1.165) is 5.56 Å². The number of anilines is 3. The Bertz CT molecular complexity index is 918. The molecule has 144 valence electrons. The second-order valence-electron chi connectivity index (χ2n) is 6.16. The molecule has 0 spiro atoms. The molecule has 1 heterocycles. The Balaban J connectivity index is 1.89. The van der Waals surface area contributed by atoms with Gasteiger partial charge < -0.3 is 10.6 Å². The first-order chi connectivity index (χ1) is 13.6. The third-order valence-corrected chi connectivity index (χ3v) is 4.13. The molecule has 0 aliphatic carbocycles. The van der Waals surface area contributed by atoms with Crippen molar-refractivity contribution in [3.05, 3.63) is 78.2 Å². The zero-order chi connectivity index (χ0) is 19.9. The van der Waals surface area contributed by atoms with Gasteiger partial charge in [0.1, 0.15) is 11.6 Å². The quantitative estimate of drug-likeness (QED) is 0.654. The summed E-state index contributed by atoms with van der Waals surface area (Å²) in [5.41, 5.74) is 1.60. The molecule has 28 heavy (non-hydrogen) atoms. The lowest BCUT2D eigenvalue weighted by molar-refractivity contribution is 0.249. The van der Waals surface area contributed by atoms with Crippen LogP contribution in [0.2, 0.25) is 0 Å². The Labute approximate surface area is 163 Å². The predicted octanol–water partition coefficient (Wildman–Crippen LogP) is 4.66. The van der Waals surface area contributed by atoms with Crippen LogP contribution < -0.4 is 15.5 Å². The van der Waals surface area contributed by atoms with E-state index < -0.39 is 0 Å².